The number of phenolic OH excluding ortho intramolecular Hbond substituents is 1. The molecule has 0 saturated heterocycles. The monoisotopic (exact) mass is 325 g/mol. The van der Waals surface area contributed by atoms with Crippen molar-refractivity contribution in [1.29, 1.82) is 0 Å². The molecule has 1 aromatic heterocycles. The van der Waals surface area contributed by atoms with Crippen molar-refractivity contribution in [1.82, 2.24) is 14.9 Å². The fourth-order valence-corrected chi connectivity index (χ4v) is 4.09. The number of carbonyl (C=O) groups excluding carboxylic acids is 1. The summed E-state index contributed by atoms with van der Waals surface area (Å²) in [6, 6.07) is 10.3. The van der Waals surface area contributed by atoms with E-state index in [1.165, 1.54) is 0 Å². The van der Waals surface area contributed by atoms with Crippen LogP contribution in [0.2, 0.25) is 5.02 Å². The lowest BCUT2D eigenvalue weighted by Crippen LogP contribution is -2.27. The van der Waals surface area contributed by atoms with E-state index in [9.17, 15) is 9.90 Å². The average molecular weight is 326 g/mol. The number of rotatable bonds is 0. The molecule has 0 spiro atoms. The highest BCUT2D eigenvalue weighted by molar-refractivity contribution is 6.32. The number of phenols is 1. The first-order valence-corrected chi connectivity index (χ1v) is 7.81. The lowest BCUT2D eigenvalue weighted by atomic mass is 9.99. The van der Waals surface area contributed by atoms with E-state index in [0.29, 0.717) is 10.6 Å². The van der Waals surface area contributed by atoms with E-state index >= 15 is 0 Å². The first kappa shape index (κ1) is 13.0. The smallest absolute Gasteiger partial charge is 0.252 e. The molecule has 3 aromatic rings. The highest BCUT2D eigenvalue weighted by Crippen LogP contribution is 2.46. The summed E-state index contributed by atoms with van der Waals surface area (Å²) < 4.78 is 2.09. The molecule has 0 fully saturated rings. The summed E-state index contributed by atoms with van der Waals surface area (Å²) in [6.45, 7) is 0. The van der Waals surface area contributed by atoms with Crippen molar-refractivity contribution < 1.29 is 9.90 Å². The maximum absolute atomic E-state index is 12.5. The zero-order chi connectivity index (χ0) is 15.7. The maximum Gasteiger partial charge on any atom is 0.252 e. The molecule has 114 valence electrons. The quantitative estimate of drug-likeness (QED) is 0.667. The van der Waals surface area contributed by atoms with Crippen molar-refractivity contribution in [3.8, 4) is 5.75 Å². The van der Waals surface area contributed by atoms with Gasteiger partial charge in [-0.15, -0.1) is 0 Å². The molecule has 2 bridgehead atoms. The molecule has 0 aliphatic carbocycles. The second-order valence-corrected chi connectivity index (χ2v) is 6.40. The molecule has 2 atom stereocenters. The molecule has 0 radical (unpaired) electrons. The van der Waals surface area contributed by atoms with E-state index < -0.39 is 0 Å². The molecular formula is C17H12ClN3O2. The van der Waals surface area contributed by atoms with Gasteiger partial charge in [0.2, 0.25) is 0 Å². The van der Waals surface area contributed by atoms with E-state index in [1.54, 1.807) is 30.3 Å². The Kier molecular flexibility index (Phi) is 2.40. The van der Waals surface area contributed by atoms with Crippen LogP contribution in [0.5, 0.6) is 5.75 Å². The van der Waals surface area contributed by atoms with Gasteiger partial charge in [-0.2, -0.15) is 0 Å². The molecule has 1 amide bonds. The van der Waals surface area contributed by atoms with Crippen LogP contribution < -0.4 is 5.32 Å². The predicted molar refractivity (Wildman–Crippen MR) is 85.8 cm³/mol. The van der Waals surface area contributed by atoms with Gasteiger partial charge in [-0.25, -0.2) is 4.98 Å². The fraction of sp³-hybridized carbons (Fsp3) is 0.176. The summed E-state index contributed by atoms with van der Waals surface area (Å²) in [7, 11) is 0. The van der Waals surface area contributed by atoms with Crippen molar-refractivity contribution in [2.45, 2.75) is 18.5 Å². The Bertz CT molecular complexity index is 995. The van der Waals surface area contributed by atoms with Crippen LogP contribution in [0, 0.1) is 0 Å². The van der Waals surface area contributed by atoms with E-state index in [1.807, 2.05) is 6.07 Å². The molecule has 5 nitrogen and oxygen atoms in total. The highest BCUT2D eigenvalue weighted by atomic mass is 35.5. The van der Waals surface area contributed by atoms with Crippen LogP contribution in [0.25, 0.3) is 11.0 Å². The zero-order valence-corrected chi connectivity index (χ0v) is 12.7. The molecule has 6 heteroatoms. The minimum atomic E-state index is -0.148. The topological polar surface area (TPSA) is 67.2 Å². The molecule has 3 heterocycles. The number of carbonyl (C=O) groups is 1. The lowest BCUT2D eigenvalue weighted by molar-refractivity contribution is 0.0938. The van der Waals surface area contributed by atoms with Crippen LogP contribution >= 0.6 is 11.6 Å². The van der Waals surface area contributed by atoms with Crippen LogP contribution in [-0.2, 0) is 0 Å². The number of aromatic hydroxyl groups is 1. The van der Waals surface area contributed by atoms with E-state index in [2.05, 4.69) is 14.9 Å². The molecule has 0 saturated carbocycles. The van der Waals surface area contributed by atoms with Gasteiger partial charge in [-0.05, 0) is 30.7 Å². The Hall–Kier alpha value is -2.53. The van der Waals surface area contributed by atoms with Gasteiger partial charge in [-0.1, -0.05) is 17.7 Å². The van der Waals surface area contributed by atoms with Gasteiger partial charge in [-0.3, -0.25) is 4.79 Å². The molecule has 2 aliphatic heterocycles. The van der Waals surface area contributed by atoms with Crippen molar-refractivity contribution in [3.63, 3.8) is 0 Å². The van der Waals surface area contributed by atoms with Crippen molar-refractivity contribution in [2.75, 3.05) is 0 Å². The predicted octanol–water partition coefficient (Wildman–Crippen LogP) is 3.17. The second-order valence-electron chi connectivity index (χ2n) is 5.99. The Morgan fingerprint density at radius 2 is 2.17 bits per heavy atom. The SMILES string of the molecule is O=C1N[C@@H]2C[C@H](c3c(Cl)cccc31)n1c2nc2ccc(O)cc21. The summed E-state index contributed by atoms with van der Waals surface area (Å²) in [5, 5.41) is 13.5. The molecule has 2 aliphatic rings. The third-order valence-electron chi connectivity index (χ3n) is 4.72. The number of fused-ring (bicyclic) bond motifs is 9. The van der Waals surface area contributed by atoms with E-state index in [4.69, 9.17) is 11.6 Å². The minimum absolute atomic E-state index is 0.0653. The largest absolute Gasteiger partial charge is 0.508 e. The summed E-state index contributed by atoms with van der Waals surface area (Å²) >= 11 is 6.42. The highest BCUT2D eigenvalue weighted by Gasteiger charge is 2.41. The second kappa shape index (κ2) is 4.26. The van der Waals surface area contributed by atoms with Gasteiger partial charge in [0.25, 0.3) is 5.91 Å². The van der Waals surface area contributed by atoms with Gasteiger partial charge in [0.1, 0.15) is 11.6 Å². The maximum atomic E-state index is 12.5. The Morgan fingerprint density at radius 3 is 3.04 bits per heavy atom. The summed E-state index contributed by atoms with van der Waals surface area (Å²) in [5.74, 6) is 0.897. The number of hydrogen-bond donors (Lipinski definition) is 2. The fourth-order valence-electron chi connectivity index (χ4n) is 3.79. The van der Waals surface area contributed by atoms with Crippen LogP contribution in [-0.4, -0.2) is 20.6 Å². The molecular weight excluding hydrogens is 314 g/mol. The van der Waals surface area contributed by atoms with Crippen LogP contribution in [0.3, 0.4) is 0 Å². The van der Waals surface area contributed by atoms with Crippen LogP contribution in [0.4, 0.5) is 0 Å². The number of aromatic nitrogens is 2. The summed E-state index contributed by atoms with van der Waals surface area (Å²) in [5.41, 5.74) is 3.10. The van der Waals surface area contributed by atoms with Crippen molar-refractivity contribution in [3.05, 3.63) is 58.4 Å². The third-order valence-corrected chi connectivity index (χ3v) is 5.05. The minimum Gasteiger partial charge on any atom is -0.508 e. The lowest BCUT2D eigenvalue weighted by Gasteiger charge is -2.19. The van der Waals surface area contributed by atoms with Gasteiger partial charge < -0.3 is 15.0 Å². The van der Waals surface area contributed by atoms with Crippen LogP contribution in [0.1, 0.15) is 40.3 Å². The number of halogens is 1. The Morgan fingerprint density at radius 1 is 1.30 bits per heavy atom. The van der Waals surface area contributed by atoms with Crippen molar-refractivity contribution in [2.24, 2.45) is 0 Å². The van der Waals surface area contributed by atoms with Crippen molar-refractivity contribution >= 4 is 28.5 Å². The van der Waals surface area contributed by atoms with Crippen LogP contribution in [0.15, 0.2) is 36.4 Å². The molecule has 2 aromatic carbocycles. The number of nitrogens with zero attached hydrogens (tertiary/aromatic N) is 2. The van der Waals surface area contributed by atoms with Gasteiger partial charge in [0, 0.05) is 22.2 Å². The summed E-state index contributed by atoms with van der Waals surface area (Å²) in [6.07, 6.45) is 0.719. The number of amides is 1. The molecule has 2 N–H and O–H groups in total. The summed E-state index contributed by atoms with van der Waals surface area (Å²) in [4.78, 5) is 17.1. The van der Waals surface area contributed by atoms with Gasteiger partial charge >= 0.3 is 0 Å². The Balaban J connectivity index is 1.86. The number of hydrogen-bond acceptors (Lipinski definition) is 3. The molecule has 23 heavy (non-hydrogen) atoms. The number of benzene rings is 2. The van der Waals surface area contributed by atoms with Gasteiger partial charge in [0.15, 0.2) is 0 Å². The van der Waals surface area contributed by atoms with Gasteiger partial charge in [0.05, 0.1) is 23.1 Å². The third kappa shape index (κ3) is 1.63. The number of nitrogens with one attached hydrogen (secondary N) is 1. The first-order chi connectivity index (χ1) is 11.1. The normalized spacial score (nSPS) is 21.7. The number of imidazole rings is 1. The first-order valence-electron chi connectivity index (χ1n) is 7.43. The van der Waals surface area contributed by atoms with E-state index in [-0.39, 0.29) is 23.7 Å². The standard InChI is InChI=1S/C17H12ClN3O2/c18-10-3-1-2-9-15(10)14-7-12(20-17(9)23)16-19-11-5-4-8(22)6-13(11)21(14)16/h1-6,12,14,22H,7H2,(H,20,23)/t12-,14-/m1/s1. The van der Waals surface area contributed by atoms with E-state index in [0.717, 1.165) is 28.8 Å². The molecule has 0 unspecified atom stereocenters. The Labute approximate surface area is 136 Å². The molecule has 5 rings (SSSR count). The zero-order valence-electron chi connectivity index (χ0n) is 12.0. The average Bonchev–Trinajstić information content (AvgIpc) is 3.00.